The second kappa shape index (κ2) is 7.79. The number of anilines is 1. The second-order valence-corrected chi connectivity index (χ2v) is 6.26. The van der Waals surface area contributed by atoms with Gasteiger partial charge in [-0.05, 0) is 45.4 Å². The first-order valence-electron chi connectivity index (χ1n) is 7.61. The van der Waals surface area contributed by atoms with Crippen LogP contribution in [-0.4, -0.2) is 42.6 Å². The van der Waals surface area contributed by atoms with Gasteiger partial charge in [-0.15, -0.1) is 7.05 Å². The number of rotatable bonds is 6. The minimum absolute atomic E-state index is 0.208. The number of aryl methyl sites for hydroxylation is 1. The minimum Gasteiger partial charge on any atom is -0.462 e. The smallest absolute Gasteiger partial charge is 0.340 e. The van der Waals surface area contributed by atoms with Crippen LogP contribution in [0.15, 0.2) is 12.1 Å². The van der Waals surface area contributed by atoms with Crippen molar-refractivity contribution in [3.63, 3.8) is 0 Å². The summed E-state index contributed by atoms with van der Waals surface area (Å²) in [5.41, 5.74) is 1.39. The van der Waals surface area contributed by atoms with E-state index in [9.17, 15) is 9.59 Å². The van der Waals surface area contributed by atoms with Gasteiger partial charge >= 0.3 is 5.97 Å². The fraction of sp³-hybridized carbons (Fsp3) is 0.471. The fourth-order valence-corrected chi connectivity index (χ4v) is 2.34. The molecule has 0 fully saturated rings. The number of ether oxygens (including phenoxy) is 1. The molecule has 0 saturated heterocycles. The number of carbonyl (C=O) groups excluding carboxylic acids is 2. The minimum atomic E-state index is -0.511. The quantitative estimate of drug-likeness (QED) is 0.490. The Labute approximate surface area is 143 Å². The first-order valence-corrected chi connectivity index (χ1v) is 7.99. The van der Waals surface area contributed by atoms with E-state index < -0.39 is 5.97 Å². The van der Waals surface area contributed by atoms with Crippen LogP contribution in [0.3, 0.4) is 0 Å². The highest BCUT2D eigenvalue weighted by Crippen LogP contribution is 2.27. The van der Waals surface area contributed by atoms with Crippen LogP contribution in [0.4, 0.5) is 5.69 Å². The average Bonchev–Trinajstić information content (AvgIpc) is 2.48. The Kier molecular flexibility index (Phi) is 6.59. The first-order chi connectivity index (χ1) is 10.6. The van der Waals surface area contributed by atoms with Crippen LogP contribution in [0.2, 0.25) is 5.02 Å². The number of benzene rings is 1. The molecule has 128 valence electrons. The lowest BCUT2D eigenvalue weighted by Gasteiger charge is -2.41. The molecule has 2 atom stereocenters. The Morgan fingerprint density at radius 2 is 2.00 bits per heavy atom. The van der Waals surface area contributed by atoms with Gasteiger partial charge in [0.05, 0.1) is 24.4 Å². The summed E-state index contributed by atoms with van der Waals surface area (Å²) in [6.07, 6.45) is 0. The number of halogens is 1. The van der Waals surface area contributed by atoms with E-state index in [4.69, 9.17) is 16.3 Å². The Morgan fingerprint density at radius 3 is 2.52 bits per heavy atom. The predicted octanol–water partition coefficient (Wildman–Crippen LogP) is 3.41. The number of carbonyl (C=O) groups is 2. The van der Waals surface area contributed by atoms with Gasteiger partial charge < -0.3 is 14.5 Å². The summed E-state index contributed by atoms with van der Waals surface area (Å²) >= 11 is 6.03. The summed E-state index contributed by atoms with van der Waals surface area (Å²) in [7, 11) is 5.92. The second-order valence-electron chi connectivity index (χ2n) is 5.83. The fourth-order valence-electron chi connectivity index (χ4n) is 2.06. The van der Waals surface area contributed by atoms with Gasteiger partial charge in [-0.25, -0.2) is 4.79 Å². The number of esters is 1. The molecule has 1 amide bonds. The summed E-state index contributed by atoms with van der Waals surface area (Å²) < 4.78 is 5.34. The van der Waals surface area contributed by atoms with Gasteiger partial charge in [0.15, 0.2) is 0 Å². The van der Waals surface area contributed by atoms with Crippen molar-refractivity contribution in [2.24, 2.45) is 0 Å². The molecule has 1 aromatic carbocycles. The predicted molar refractivity (Wildman–Crippen MR) is 92.3 cm³/mol. The van der Waals surface area contributed by atoms with E-state index in [1.165, 1.54) is 6.07 Å². The highest BCUT2D eigenvalue weighted by Gasteiger charge is 2.26. The Balaban J connectivity index is 3.17. The molecule has 23 heavy (non-hydrogen) atoms. The summed E-state index contributed by atoms with van der Waals surface area (Å²) in [6.45, 7) is 8.24. The number of nitrogens with zero attached hydrogens (tertiary/aromatic N) is 1. The molecule has 0 saturated carbocycles. The van der Waals surface area contributed by atoms with Crippen molar-refractivity contribution in [2.75, 3.05) is 25.5 Å². The van der Waals surface area contributed by atoms with Crippen molar-refractivity contribution >= 4 is 29.2 Å². The normalized spacial score (nSPS) is 14.7. The summed E-state index contributed by atoms with van der Waals surface area (Å²) in [5, 5.41) is 3.25. The number of nitrogens with one attached hydrogen (secondary N) is 1. The van der Waals surface area contributed by atoms with Crippen molar-refractivity contribution in [2.45, 2.75) is 33.7 Å². The lowest BCUT2D eigenvalue weighted by Crippen LogP contribution is -2.51. The van der Waals surface area contributed by atoms with E-state index in [1.807, 2.05) is 14.0 Å². The van der Waals surface area contributed by atoms with Gasteiger partial charge in [-0.1, -0.05) is 11.6 Å². The van der Waals surface area contributed by atoms with Gasteiger partial charge in [0, 0.05) is 12.1 Å². The van der Waals surface area contributed by atoms with E-state index >= 15 is 0 Å². The van der Waals surface area contributed by atoms with Crippen LogP contribution in [0.5, 0.6) is 0 Å². The van der Waals surface area contributed by atoms with Gasteiger partial charge in [0.2, 0.25) is 0 Å². The molecule has 0 aliphatic carbocycles. The van der Waals surface area contributed by atoms with E-state index in [1.54, 1.807) is 26.8 Å². The maximum Gasteiger partial charge on any atom is 0.340 e. The molecule has 5 nitrogen and oxygen atoms in total. The molecular weight excluding hydrogens is 316 g/mol. The van der Waals surface area contributed by atoms with Crippen LogP contribution in [0, 0.1) is 14.0 Å². The molecular formula is C17H25ClN2O3. The van der Waals surface area contributed by atoms with Gasteiger partial charge in [0.25, 0.3) is 5.91 Å². The van der Waals surface area contributed by atoms with Crippen molar-refractivity contribution in [1.29, 1.82) is 0 Å². The summed E-state index contributed by atoms with van der Waals surface area (Å²) in [4.78, 5) is 24.7. The molecule has 6 heteroatoms. The van der Waals surface area contributed by atoms with Gasteiger partial charge in [-0.3, -0.25) is 4.79 Å². The zero-order chi connectivity index (χ0) is 17.8. The van der Waals surface area contributed by atoms with E-state index in [-0.39, 0.29) is 24.1 Å². The van der Waals surface area contributed by atoms with Crippen molar-refractivity contribution in [3.05, 3.63) is 35.3 Å². The zero-order valence-electron chi connectivity index (χ0n) is 14.4. The zero-order valence-corrected chi connectivity index (χ0v) is 15.2. The maximum atomic E-state index is 12.5. The molecule has 0 spiro atoms. The van der Waals surface area contributed by atoms with Gasteiger partial charge in [-0.2, -0.15) is 0 Å². The first kappa shape index (κ1) is 19.5. The molecule has 2 unspecified atom stereocenters. The molecule has 0 aliphatic heterocycles. The number of likely N-dealkylation sites (N-methyl/N-ethyl adjacent to an activating group) is 1. The molecule has 0 radical (unpaired) electrons. The van der Waals surface area contributed by atoms with E-state index in [0.29, 0.717) is 27.3 Å². The Hall–Kier alpha value is -1.59. The molecule has 0 aromatic heterocycles. The monoisotopic (exact) mass is 340 g/mol. The SMILES string of the molecule is [CH2-][N+](C)(CC)C(C)C(=O)Nc1c(C)cc(Cl)cc1C(=O)OCC. The van der Waals surface area contributed by atoms with Crippen molar-refractivity contribution < 1.29 is 18.8 Å². The third kappa shape index (κ3) is 4.69. The molecule has 1 N–H and O–H groups in total. The average molecular weight is 341 g/mol. The Bertz CT molecular complexity index is 600. The van der Waals surface area contributed by atoms with Crippen molar-refractivity contribution in [3.8, 4) is 0 Å². The number of hydrogen-bond acceptors (Lipinski definition) is 3. The van der Waals surface area contributed by atoms with Crippen molar-refractivity contribution in [1.82, 2.24) is 0 Å². The van der Waals surface area contributed by atoms with Crippen LogP contribution < -0.4 is 5.32 Å². The highest BCUT2D eigenvalue weighted by molar-refractivity contribution is 6.31. The lowest BCUT2D eigenvalue weighted by molar-refractivity contribution is -0.878. The van der Waals surface area contributed by atoms with Gasteiger partial charge in [0.1, 0.15) is 6.04 Å². The lowest BCUT2D eigenvalue weighted by atomic mass is 10.1. The van der Waals surface area contributed by atoms with Crippen LogP contribution in [-0.2, 0) is 9.53 Å². The number of hydrogen-bond donors (Lipinski definition) is 1. The summed E-state index contributed by atoms with van der Waals surface area (Å²) in [5.74, 6) is -0.719. The molecule has 0 heterocycles. The third-order valence-electron chi connectivity index (χ3n) is 4.08. The Morgan fingerprint density at radius 1 is 1.39 bits per heavy atom. The topological polar surface area (TPSA) is 55.4 Å². The van der Waals surface area contributed by atoms with E-state index in [0.717, 1.165) is 0 Å². The van der Waals surface area contributed by atoms with Crippen LogP contribution >= 0.6 is 11.6 Å². The third-order valence-corrected chi connectivity index (χ3v) is 4.30. The largest absolute Gasteiger partial charge is 0.462 e. The number of quaternary nitrogens is 1. The molecule has 0 aliphatic rings. The standard InChI is InChI=1S/C17H25ClN2O3/c1-7-20(5,6)12(4)16(21)19-15-11(3)9-13(18)10-14(15)17(22)23-8-2/h9-10,12H,5,7-8H2,1-4,6H3,(H,19,21). The molecule has 1 aromatic rings. The maximum absolute atomic E-state index is 12.5. The highest BCUT2D eigenvalue weighted by atomic mass is 35.5. The van der Waals surface area contributed by atoms with E-state index in [2.05, 4.69) is 12.4 Å². The summed E-state index contributed by atoms with van der Waals surface area (Å²) in [6, 6.07) is 2.83. The number of amides is 1. The van der Waals surface area contributed by atoms with Crippen LogP contribution in [0.25, 0.3) is 0 Å². The van der Waals surface area contributed by atoms with Crippen LogP contribution in [0.1, 0.15) is 36.7 Å². The molecule has 1 rings (SSSR count). The molecule has 0 bridgehead atoms.